The molecule has 0 heterocycles. The largest absolute Gasteiger partial charge is 0.307 e. The van der Waals surface area contributed by atoms with Crippen LogP contribution in [-0.2, 0) is 10.1 Å². The maximum absolute atomic E-state index is 9.34. The van der Waals surface area contributed by atoms with E-state index in [4.69, 9.17) is 4.55 Å². The third-order valence-corrected chi connectivity index (χ3v) is 0.948. The third kappa shape index (κ3) is 4.00. The van der Waals surface area contributed by atoms with Crippen molar-refractivity contribution in [3.05, 3.63) is 0 Å². The Bertz CT molecular complexity index is 119. The highest BCUT2D eigenvalue weighted by molar-refractivity contribution is 8.11. The van der Waals surface area contributed by atoms with Gasteiger partial charge < -0.3 is 0 Å². The van der Waals surface area contributed by atoms with E-state index in [1.54, 1.807) is 0 Å². The SMILES string of the molecule is O=S(=O)(O)[C]=S. The van der Waals surface area contributed by atoms with Gasteiger partial charge >= 0.3 is 10.1 Å². The highest BCUT2D eigenvalue weighted by Crippen LogP contribution is 1.68. The number of thiocarbonyl (C=S) groups is 1. The van der Waals surface area contributed by atoms with Gasteiger partial charge in [0, 0.05) is 0 Å². The van der Waals surface area contributed by atoms with Crippen LogP contribution < -0.4 is 0 Å². The van der Waals surface area contributed by atoms with E-state index in [0.717, 1.165) is 0 Å². The monoisotopic (exact) mass is 125 g/mol. The van der Waals surface area contributed by atoms with Crippen molar-refractivity contribution in [2.45, 2.75) is 0 Å². The van der Waals surface area contributed by atoms with Crippen LogP contribution in [0, 0.1) is 0 Å². The smallest absolute Gasteiger partial charge is 0.281 e. The van der Waals surface area contributed by atoms with Gasteiger partial charge in [-0.25, -0.2) is 0 Å². The topological polar surface area (TPSA) is 54.4 Å². The van der Waals surface area contributed by atoms with Gasteiger partial charge in [-0.2, -0.15) is 8.42 Å². The molecular weight excluding hydrogens is 124 g/mol. The minimum absolute atomic E-state index is 1.22. The van der Waals surface area contributed by atoms with Crippen LogP contribution in [-0.4, -0.2) is 17.7 Å². The first-order valence-corrected chi connectivity index (χ1v) is 2.77. The highest BCUT2D eigenvalue weighted by atomic mass is 32.2. The van der Waals surface area contributed by atoms with Crippen molar-refractivity contribution < 1.29 is 13.0 Å². The summed E-state index contributed by atoms with van der Waals surface area (Å²) in [6, 6.07) is 0. The summed E-state index contributed by atoms with van der Waals surface area (Å²) in [5.41, 5.74) is 0. The second-order valence-corrected chi connectivity index (χ2v) is 2.18. The van der Waals surface area contributed by atoms with Crippen molar-refractivity contribution in [2.75, 3.05) is 0 Å². The van der Waals surface area contributed by atoms with Crippen molar-refractivity contribution in [2.24, 2.45) is 0 Å². The Morgan fingerprint density at radius 3 is 1.83 bits per heavy atom. The maximum atomic E-state index is 9.34. The molecule has 0 rings (SSSR count). The fraction of sp³-hybridized carbons (Fsp3) is 0. The molecule has 0 aromatic heterocycles. The van der Waals surface area contributed by atoms with E-state index in [-0.39, 0.29) is 0 Å². The van der Waals surface area contributed by atoms with Gasteiger partial charge in [-0.15, -0.1) is 0 Å². The molecule has 0 aromatic rings. The summed E-state index contributed by atoms with van der Waals surface area (Å²) in [6.45, 7) is 0. The molecule has 0 aliphatic carbocycles. The van der Waals surface area contributed by atoms with Crippen LogP contribution in [0.5, 0.6) is 0 Å². The van der Waals surface area contributed by atoms with E-state index >= 15 is 0 Å². The first-order chi connectivity index (χ1) is 2.56. The lowest BCUT2D eigenvalue weighted by Crippen LogP contribution is -1.93. The zero-order chi connectivity index (χ0) is 5.21. The zero-order valence-corrected chi connectivity index (χ0v) is 4.21. The molecule has 0 atom stereocenters. The number of rotatable bonds is 1. The molecule has 0 spiro atoms. The molecule has 5 heteroatoms. The Hall–Kier alpha value is -0.0000000000000000555. The molecule has 0 bridgehead atoms. The van der Waals surface area contributed by atoms with E-state index in [1.165, 1.54) is 4.70 Å². The molecule has 0 aliphatic rings. The molecule has 35 valence electrons. The molecule has 0 aromatic carbocycles. The quantitative estimate of drug-likeness (QED) is 0.386. The lowest BCUT2D eigenvalue weighted by molar-refractivity contribution is 0.500. The summed E-state index contributed by atoms with van der Waals surface area (Å²) >= 11 is 3.70. The summed E-state index contributed by atoms with van der Waals surface area (Å²) in [4.78, 5) is 0. The standard InChI is InChI=1S/CHO3S2/c2-6(3,4)1-5/h(H,2,3,4). The Morgan fingerprint density at radius 1 is 1.67 bits per heavy atom. The molecule has 0 saturated carbocycles. The van der Waals surface area contributed by atoms with Gasteiger partial charge in [0.05, 0.1) is 0 Å². The Kier molecular flexibility index (Phi) is 1.63. The van der Waals surface area contributed by atoms with Crippen LogP contribution in [0.15, 0.2) is 0 Å². The second-order valence-electron chi connectivity index (χ2n) is 0.558. The molecule has 1 radical (unpaired) electrons. The molecular formula is CHO3S2. The fourth-order valence-electron chi connectivity index (χ4n) is 0. The average Bonchev–Trinajstić information content (AvgIpc) is 1.35. The summed E-state index contributed by atoms with van der Waals surface area (Å²) in [5.74, 6) is 0. The highest BCUT2D eigenvalue weighted by Gasteiger charge is 1.92. The fourth-order valence-corrected chi connectivity index (χ4v) is 0. The maximum Gasteiger partial charge on any atom is 0.307 e. The van der Waals surface area contributed by atoms with E-state index in [2.05, 4.69) is 12.2 Å². The molecule has 6 heavy (non-hydrogen) atoms. The predicted octanol–water partition coefficient (Wildman–Crippen LogP) is -0.292. The summed E-state index contributed by atoms with van der Waals surface area (Å²) in [7, 11) is -4.10. The normalized spacial score (nSPS) is 10.8. The van der Waals surface area contributed by atoms with Crippen molar-refractivity contribution in [3.8, 4) is 0 Å². The first-order valence-electron chi connectivity index (χ1n) is 0.924. The lowest BCUT2D eigenvalue weighted by atomic mass is 11.9. The van der Waals surface area contributed by atoms with Crippen LogP contribution in [0.1, 0.15) is 0 Å². The molecule has 0 saturated heterocycles. The lowest BCUT2D eigenvalue weighted by Gasteiger charge is -1.70. The van der Waals surface area contributed by atoms with Crippen molar-refractivity contribution >= 4 is 27.0 Å². The predicted molar refractivity (Wildman–Crippen MR) is 24.1 cm³/mol. The van der Waals surface area contributed by atoms with Crippen molar-refractivity contribution in [1.82, 2.24) is 0 Å². The minimum Gasteiger partial charge on any atom is -0.281 e. The van der Waals surface area contributed by atoms with Gasteiger partial charge in [0.1, 0.15) is 0 Å². The summed E-state index contributed by atoms with van der Waals surface area (Å²) < 4.78 is 27.5. The molecule has 0 unspecified atom stereocenters. The number of hydrogen-bond acceptors (Lipinski definition) is 3. The Balaban J connectivity index is 4.25. The minimum atomic E-state index is -4.10. The van der Waals surface area contributed by atoms with Crippen LogP contribution in [0.25, 0.3) is 0 Å². The van der Waals surface area contributed by atoms with Crippen LogP contribution in [0.4, 0.5) is 0 Å². The summed E-state index contributed by atoms with van der Waals surface area (Å²) in [5, 5.41) is 0. The third-order valence-electron chi connectivity index (χ3n) is 0.105. The van der Waals surface area contributed by atoms with Gasteiger partial charge in [-0.3, -0.25) is 4.55 Å². The molecule has 0 fully saturated rings. The Morgan fingerprint density at radius 2 is 1.83 bits per heavy atom. The molecule has 3 nitrogen and oxygen atoms in total. The first kappa shape index (κ1) is 6.00. The zero-order valence-electron chi connectivity index (χ0n) is 2.58. The van der Waals surface area contributed by atoms with Crippen LogP contribution in [0.3, 0.4) is 0 Å². The van der Waals surface area contributed by atoms with Gasteiger partial charge in [-0.05, 0) is 0 Å². The van der Waals surface area contributed by atoms with Crippen LogP contribution >= 0.6 is 12.2 Å². The molecule has 0 amide bonds. The van der Waals surface area contributed by atoms with Gasteiger partial charge in [0.25, 0.3) is 0 Å². The van der Waals surface area contributed by atoms with E-state index < -0.39 is 10.1 Å². The van der Waals surface area contributed by atoms with E-state index in [9.17, 15) is 8.42 Å². The van der Waals surface area contributed by atoms with Crippen molar-refractivity contribution in [1.29, 1.82) is 0 Å². The summed E-state index contributed by atoms with van der Waals surface area (Å²) in [6.07, 6.45) is 0. The van der Waals surface area contributed by atoms with Crippen molar-refractivity contribution in [3.63, 3.8) is 0 Å². The van der Waals surface area contributed by atoms with Gasteiger partial charge in [0.2, 0.25) is 0 Å². The van der Waals surface area contributed by atoms with E-state index in [1.807, 2.05) is 0 Å². The average molecular weight is 125 g/mol. The van der Waals surface area contributed by atoms with Gasteiger partial charge in [0.15, 0.2) is 4.70 Å². The Labute approximate surface area is 40.7 Å². The molecule has 0 aliphatic heterocycles. The molecule has 1 N–H and O–H groups in total. The number of hydrogen-bond donors (Lipinski definition) is 1. The van der Waals surface area contributed by atoms with Crippen LogP contribution in [0.2, 0.25) is 0 Å². The van der Waals surface area contributed by atoms with E-state index in [0.29, 0.717) is 0 Å². The second kappa shape index (κ2) is 1.63. The van der Waals surface area contributed by atoms with Gasteiger partial charge in [-0.1, -0.05) is 12.2 Å².